The molecule has 1 aromatic carbocycles. The molecule has 5 nitrogen and oxygen atoms in total. The van der Waals surface area contributed by atoms with Gasteiger partial charge in [-0.15, -0.1) is 0 Å². The molecule has 0 spiro atoms. The minimum Gasteiger partial charge on any atom is -0.484 e. The molecular weight excluding hydrogens is 290 g/mol. The van der Waals surface area contributed by atoms with Crippen LogP contribution in [0.25, 0.3) is 0 Å². The van der Waals surface area contributed by atoms with Crippen molar-refractivity contribution in [1.29, 1.82) is 0 Å². The van der Waals surface area contributed by atoms with Crippen LogP contribution in [0.15, 0.2) is 41.6 Å². The van der Waals surface area contributed by atoms with Crippen LogP contribution >= 0.6 is 11.6 Å². The molecule has 21 heavy (non-hydrogen) atoms. The second-order valence-corrected chi connectivity index (χ2v) is 4.94. The number of aromatic nitrogens is 1. The summed E-state index contributed by atoms with van der Waals surface area (Å²) in [5, 5.41) is 4.54. The zero-order valence-corrected chi connectivity index (χ0v) is 12.6. The Morgan fingerprint density at radius 1 is 1.48 bits per heavy atom. The highest BCUT2D eigenvalue weighted by Gasteiger charge is 2.03. The van der Waals surface area contributed by atoms with Crippen LogP contribution in [0.4, 0.5) is 0 Å². The van der Waals surface area contributed by atoms with Gasteiger partial charge in [-0.2, -0.15) is 5.10 Å². The molecule has 1 amide bonds. The quantitative estimate of drug-likeness (QED) is 0.681. The molecule has 0 saturated heterocycles. The first-order valence-electron chi connectivity index (χ1n) is 6.38. The van der Waals surface area contributed by atoms with E-state index in [1.165, 1.54) is 0 Å². The fraction of sp³-hybridized carbons (Fsp3) is 0.200. The number of benzene rings is 1. The zero-order valence-electron chi connectivity index (χ0n) is 11.8. The lowest BCUT2D eigenvalue weighted by atomic mass is 10.2. The van der Waals surface area contributed by atoms with Gasteiger partial charge in [-0.3, -0.25) is 4.79 Å². The first-order valence-corrected chi connectivity index (χ1v) is 6.76. The van der Waals surface area contributed by atoms with Crippen molar-refractivity contribution in [2.75, 3.05) is 6.61 Å². The van der Waals surface area contributed by atoms with Crippen molar-refractivity contribution >= 4 is 23.7 Å². The van der Waals surface area contributed by atoms with Gasteiger partial charge >= 0.3 is 0 Å². The van der Waals surface area contributed by atoms with E-state index in [9.17, 15) is 4.79 Å². The number of hydrogen-bond donors (Lipinski definition) is 1. The first kappa shape index (κ1) is 15.1. The average molecular weight is 306 g/mol. The average Bonchev–Trinajstić information content (AvgIpc) is 2.86. The molecular formula is C15H16ClN3O2. The Kier molecular flexibility index (Phi) is 5.00. The molecule has 110 valence electrons. The Bertz CT molecular complexity index is 665. The van der Waals surface area contributed by atoms with E-state index in [4.69, 9.17) is 16.3 Å². The molecule has 1 heterocycles. The van der Waals surface area contributed by atoms with Crippen molar-refractivity contribution < 1.29 is 9.53 Å². The van der Waals surface area contributed by atoms with Crippen LogP contribution in [0, 0.1) is 6.92 Å². The van der Waals surface area contributed by atoms with Crippen LogP contribution in [-0.2, 0) is 11.8 Å². The Morgan fingerprint density at radius 3 is 2.95 bits per heavy atom. The minimum atomic E-state index is -0.326. The predicted molar refractivity (Wildman–Crippen MR) is 82.8 cm³/mol. The fourth-order valence-electron chi connectivity index (χ4n) is 1.67. The summed E-state index contributed by atoms with van der Waals surface area (Å²) in [6.07, 6.45) is 3.47. The Morgan fingerprint density at radius 2 is 2.29 bits per heavy atom. The molecule has 0 aliphatic rings. The summed E-state index contributed by atoms with van der Waals surface area (Å²) < 4.78 is 7.26. The standard InChI is InChI=1S/C15H16ClN3O2/c1-11-8-13(5-6-14(11)16)21-10-15(20)18-17-9-12-4-3-7-19(12)2/h3-9H,10H2,1-2H3,(H,18,20)/b17-9+. The van der Waals surface area contributed by atoms with E-state index in [0.29, 0.717) is 10.8 Å². The molecule has 1 aromatic heterocycles. The monoisotopic (exact) mass is 305 g/mol. The lowest BCUT2D eigenvalue weighted by Crippen LogP contribution is -2.24. The summed E-state index contributed by atoms with van der Waals surface area (Å²) in [6, 6.07) is 9.02. The highest BCUT2D eigenvalue weighted by atomic mass is 35.5. The lowest BCUT2D eigenvalue weighted by Gasteiger charge is -2.06. The molecule has 0 bridgehead atoms. The molecule has 0 aliphatic heterocycles. The van der Waals surface area contributed by atoms with E-state index in [1.54, 1.807) is 24.4 Å². The predicted octanol–water partition coefficient (Wildman–Crippen LogP) is 2.52. The number of nitrogens with zero attached hydrogens (tertiary/aromatic N) is 2. The second-order valence-electron chi connectivity index (χ2n) is 4.54. The van der Waals surface area contributed by atoms with Crippen molar-refractivity contribution in [3.63, 3.8) is 0 Å². The SMILES string of the molecule is Cc1cc(OCC(=O)N/N=C/c2cccn2C)ccc1Cl. The summed E-state index contributed by atoms with van der Waals surface area (Å²) in [5.41, 5.74) is 4.20. The van der Waals surface area contributed by atoms with Gasteiger partial charge in [0.15, 0.2) is 6.61 Å². The van der Waals surface area contributed by atoms with Gasteiger partial charge in [0.25, 0.3) is 5.91 Å². The molecule has 0 saturated carbocycles. The van der Waals surface area contributed by atoms with Crippen LogP contribution in [0.2, 0.25) is 5.02 Å². The molecule has 0 aliphatic carbocycles. The smallest absolute Gasteiger partial charge is 0.277 e. The number of carbonyl (C=O) groups is 1. The maximum atomic E-state index is 11.6. The van der Waals surface area contributed by atoms with Gasteiger partial charge in [0.2, 0.25) is 0 Å². The van der Waals surface area contributed by atoms with Crippen LogP contribution < -0.4 is 10.2 Å². The highest BCUT2D eigenvalue weighted by Crippen LogP contribution is 2.20. The van der Waals surface area contributed by atoms with Gasteiger partial charge in [-0.25, -0.2) is 5.43 Å². The van der Waals surface area contributed by atoms with Gasteiger partial charge in [0.05, 0.1) is 11.9 Å². The number of rotatable bonds is 5. The van der Waals surface area contributed by atoms with Gasteiger partial charge < -0.3 is 9.30 Å². The van der Waals surface area contributed by atoms with Gasteiger partial charge in [-0.1, -0.05) is 11.6 Å². The number of ether oxygens (including phenoxy) is 1. The highest BCUT2D eigenvalue weighted by molar-refractivity contribution is 6.31. The maximum Gasteiger partial charge on any atom is 0.277 e. The van der Waals surface area contributed by atoms with Gasteiger partial charge in [-0.05, 0) is 42.8 Å². The maximum absolute atomic E-state index is 11.6. The number of carbonyl (C=O) groups excluding carboxylic acids is 1. The third kappa shape index (κ3) is 4.36. The summed E-state index contributed by atoms with van der Waals surface area (Å²) in [6.45, 7) is 1.77. The molecule has 0 radical (unpaired) electrons. The number of aryl methyl sites for hydroxylation is 2. The Balaban J connectivity index is 1.81. The summed E-state index contributed by atoms with van der Waals surface area (Å²) in [7, 11) is 1.90. The van der Waals surface area contributed by atoms with Crippen LogP contribution in [-0.4, -0.2) is 23.3 Å². The van der Waals surface area contributed by atoms with E-state index in [2.05, 4.69) is 10.5 Å². The topological polar surface area (TPSA) is 55.6 Å². The summed E-state index contributed by atoms with van der Waals surface area (Å²) in [5.74, 6) is 0.270. The van der Waals surface area contributed by atoms with Crippen LogP contribution in [0.5, 0.6) is 5.75 Å². The van der Waals surface area contributed by atoms with Crippen LogP contribution in [0.1, 0.15) is 11.3 Å². The largest absolute Gasteiger partial charge is 0.484 e. The summed E-state index contributed by atoms with van der Waals surface area (Å²) >= 11 is 5.92. The molecule has 0 atom stereocenters. The lowest BCUT2D eigenvalue weighted by molar-refractivity contribution is -0.123. The molecule has 1 N–H and O–H groups in total. The number of halogens is 1. The van der Waals surface area contributed by atoms with Crippen LogP contribution in [0.3, 0.4) is 0 Å². The van der Waals surface area contributed by atoms with Crippen molar-refractivity contribution in [2.45, 2.75) is 6.92 Å². The van der Waals surface area contributed by atoms with E-state index >= 15 is 0 Å². The van der Waals surface area contributed by atoms with E-state index in [1.807, 2.05) is 36.9 Å². The first-order chi connectivity index (χ1) is 10.1. The molecule has 0 unspecified atom stereocenters. The van der Waals surface area contributed by atoms with Crippen molar-refractivity contribution in [1.82, 2.24) is 9.99 Å². The van der Waals surface area contributed by atoms with Gasteiger partial charge in [0, 0.05) is 18.3 Å². The van der Waals surface area contributed by atoms with E-state index in [-0.39, 0.29) is 12.5 Å². The third-order valence-corrected chi connectivity index (χ3v) is 3.29. The normalized spacial score (nSPS) is 10.8. The number of amides is 1. The Hall–Kier alpha value is -2.27. The van der Waals surface area contributed by atoms with Gasteiger partial charge in [0.1, 0.15) is 5.75 Å². The third-order valence-electron chi connectivity index (χ3n) is 2.87. The molecule has 6 heteroatoms. The minimum absolute atomic E-state index is 0.106. The number of hydrazone groups is 1. The van der Waals surface area contributed by atoms with Crippen molar-refractivity contribution in [3.05, 3.63) is 52.8 Å². The van der Waals surface area contributed by atoms with E-state index in [0.717, 1.165) is 11.3 Å². The van der Waals surface area contributed by atoms with E-state index < -0.39 is 0 Å². The van der Waals surface area contributed by atoms with Crippen molar-refractivity contribution in [2.24, 2.45) is 12.1 Å². The fourth-order valence-corrected chi connectivity index (χ4v) is 1.78. The Labute approximate surface area is 128 Å². The number of hydrogen-bond acceptors (Lipinski definition) is 3. The molecule has 0 fully saturated rings. The molecule has 2 aromatic rings. The summed E-state index contributed by atoms with van der Waals surface area (Å²) in [4.78, 5) is 11.6. The second kappa shape index (κ2) is 6.95. The molecule has 2 rings (SSSR count). The zero-order chi connectivity index (χ0) is 15.2. The van der Waals surface area contributed by atoms with Crippen molar-refractivity contribution in [3.8, 4) is 5.75 Å². The number of nitrogens with one attached hydrogen (secondary N) is 1.